The highest BCUT2D eigenvalue weighted by Crippen LogP contribution is 1.92. The Kier molecular flexibility index (Phi) is 8.37. The second kappa shape index (κ2) is 9.99. The maximum Gasteiger partial charge on any atom is 0.0964 e. The third-order valence-corrected chi connectivity index (χ3v) is 2.33. The first-order valence-corrected chi connectivity index (χ1v) is 6.62. The Bertz CT molecular complexity index is 304. The Morgan fingerprint density at radius 3 is 2.67 bits per heavy atom. The zero-order valence-corrected chi connectivity index (χ0v) is 11.4. The van der Waals surface area contributed by atoms with Crippen molar-refractivity contribution in [3.8, 4) is 0 Å². The van der Waals surface area contributed by atoms with Crippen LogP contribution >= 0.6 is 0 Å². The van der Waals surface area contributed by atoms with Gasteiger partial charge in [-0.05, 0) is 13.0 Å². The van der Waals surface area contributed by atoms with Crippen LogP contribution in [0.15, 0.2) is 6.20 Å². The number of rotatable bonds is 11. The molecule has 0 aliphatic rings. The summed E-state index contributed by atoms with van der Waals surface area (Å²) in [5.74, 6) is 0. The summed E-state index contributed by atoms with van der Waals surface area (Å²) < 4.78 is 12.6. The van der Waals surface area contributed by atoms with Crippen LogP contribution in [0.2, 0.25) is 0 Å². The van der Waals surface area contributed by atoms with Gasteiger partial charge in [0, 0.05) is 19.3 Å². The third kappa shape index (κ3) is 6.68. The van der Waals surface area contributed by atoms with Gasteiger partial charge in [0.2, 0.25) is 0 Å². The van der Waals surface area contributed by atoms with E-state index < -0.39 is 0 Å². The maximum atomic E-state index is 5.45. The van der Waals surface area contributed by atoms with Crippen LogP contribution in [0.4, 0.5) is 0 Å². The summed E-state index contributed by atoms with van der Waals surface area (Å²) in [4.78, 5) is 0. The Balaban J connectivity index is 2.03. The van der Waals surface area contributed by atoms with Gasteiger partial charge in [0.15, 0.2) is 0 Å². The van der Waals surface area contributed by atoms with Crippen LogP contribution in [0.25, 0.3) is 0 Å². The first kappa shape index (κ1) is 15.1. The molecule has 1 heterocycles. The molecule has 0 aromatic carbocycles. The van der Waals surface area contributed by atoms with E-state index in [0.29, 0.717) is 19.8 Å². The number of hydrogen-bond acceptors (Lipinski definition) is 5. The number of ether oxygens (including phenoxy) is 2. The normalized spacial score (nSPS) is 11.0. The molecule has 0 bridgehead atoms. The molecule has 18 heavy (non-hydrogen) atoms. The first-order chi connectivity index (χ1) is 8.86. The van der Waals surface area contributed by atoms with Crippen LogP contribution in [0.3, 0.4) is 0 Å². The second-order valence-electron chi connectivity index (χ2n) is 3.98. The molecule has 6 heteroatoms. The summed E-state index contributed by atoms with van der Waals surface area (Å²) in [5.41, 5.74) is 0.961. The van der Waals surface area contributed by atoms with E-state index in [1.165, 1.54) is 0 Å². The van der Waals surface area contributed by atoms with E-state index in [1.807, 2.05) is 6.20 Å². The van der Waals surface area contributed by atoms with Crippen LogP contribution in [0, 0.1) is 0 Å². The highest BCUT2D eigenvalue weighted by molar-refractivity contribution is 4.91. The van der Waals surface area contributed by atoms with Gasteiger partial charge in [-0.1, -0.05) is 19.1 Å². The van der Waals surface area contributed by atoms with E-state index in [0.717, 1.165) is 38.4 Å². The summed E-state index contributed by atoms with van der Waals surface area (Å²) in [6.45, 7) is 9.34. The molecule has 0 saturated heterocycles. The third-order valence-electron chi connectivity index (χ3n) is 2.33. The zero-order chi connectivity index (χ0) is 13.1. The van der Waals surface area contributed by atoms with E-state index in [-0.39, 0.29) is 0 Å². The van der Waals surface area contributed by atoms with Crippen LogP contribution in [0.5, 0.6) is 0 Å². The van der Waals surface area contributed by atoms with E-state index in [4.69, 9.17) is 9.47 Å². The molecule has 0 aliphatic carbocycles. The number of nitrogens with zero attached hydrogens (tertiary/aromatic N) is 3. The molecule has 0 aliphatic heterocycles. The smallest absolute Gasteiger partial charge is 0.0964 e. The Hall–Kier alpha value is -0.980. The van der Waals surface area contributed by atoms with E-state index in [9.17, 15) is 0 Å². The number of aromatic nitrogens is 3. The minimum absolute atomic E-state index is 0.638. The van der Waals surface area contributed by atoms with Gasteiger partial charge in [-0.3, -0.25) is 0 Å². The van der Waals surface area contributed by atoms with E-state index >= 15 is 0 Å². The summed E-state index contributed by atoms with van der Waals surface area (Å²) in [7, 11) is 0. The lowest BCUT2D eigenvalue weighted by molar-refractivity contribution is 0.0441. The van der Waals surface area contributed by atoms with Crippen molar-refractivity contribution in [1.29, 1.82) is 0 Å². The average molecular weight is 256 g/mol. The fourth-order valence-corrected chi connectivity index (χ4v) is 1.41. The standard InChI is InChI=1S/C12H24N4O2/c1-3-6-17-8-9-18-7-5-16-11-12(14-15-16)10-13-4-2/h11,13H,3-10H2,1-2H3. The molecule has 0 spiro atoms. The highest BCUT2D eigenvalue weighted by atomic mass is 16.5. The predicted molar refractivity (Wildman–Crippen MR) is 69.3 cm³/mol. The molecule has 0 atom stereocenters. The van der Waals surface area contributed by atoms with E-state index in [1.54, 1.807) is 4.68 Å². The summed E-state index contributed by atoms with van der Waals surface area (Å²) >= 11 is 0. The number of hydrogen-bond donors (Lipinski definition) is 1. The van der Waals surface area contributed by atoms with Gasteiger partial charge in [-0.25, -0.2) is 4.68 Å². The van der Waals surface area contributed by atoms with Gasteiger partial charge in [0.25, 0.3) is 0 Å². The first-order valence-electron chi connectivity index (χ1n) is 6.62. The minimum atomic E-state index is 0.638. The fraction of sp³-hybridized carbons (Fsp3) is 0.833. The Labute approximate surface area is 109 Å². The molecule has 1 N–H and O–H groups in total. The zero-order valence-electron chi connectivity index (χ0n) is 11.4. The van der Waals surface area contributed by atoms with Gasteiger partial charge >= 0.3 is 0 Å². The summed E-state index contributed by atoms with van der Waals surface area (Å²) in [6.07, 6.45) is 2.99. The van der Waals surface area contributed by atoms with Crippen molar-refractivity contribution in [3.63, 3.8) is 0 Å². The largest absolute Gasteiger partial charge is 0.379 e. The Morgan fingerprint density at radius 2 is 1.94 bits per heavy atom. The van der Waals surface area contributed by atoms with E-state index in [2.05, 4.69) is 29.5 Å². The molecule has 0 fully saturated rings. The maximum absolute atomic E-state index is 5.45. The van der Waals surface area contributed by atoms with Crippen molar-refractivity contribution in [2.24, 2.45) is 0 Å². The minimum Gasteiger partial charge on any atom is -0.379 e. The van der Waals surface area contributed by atoms with Crippen LogP contribution in [-0.4, -0.2) is 48.0 Å². The van der Waals surface area contributed by atoms with Crippen LogP contribution in [-0.2, 0) is 22.6 Å². The molecule has 0 radical (unpaired) electrons. The lowest BCUT2D eigenvalue weighted by Crippen LogP contribution is -2.12. The van der Waals surface area contributed by atoms with Crippen LogP contribution < -0.4 is 5.32 Å². The van der Waals surface area contributed by atoms with Crippen LogP contribution in [0.1, 0.15) is 26.0 Å². The van der Waals surface area contributed by atoms with Crippen molar-refractivity contribution in [2.75, 3.05) is 33.0 Å². The van der Waals surface area contributed by atoms with Gasteiger partial charge in [-0.2, -0.15) is 0 Å². The predicted octanol–water partition coefficient (Wildman–Crippen LogP) is 0.831. The molecule has 0 saturated carbocycles. The molecule has 1 aromatic rings. The monoisotopic (exact) mass is 256 g/mol. The molecule has 6 nitrogen and oxygen atoms in total. The van der Waals surface area contributed by atoms with Crippen molar-refractivity contribution >= 4 is 0 Å². The second-order valence-corrected chi connectivity index (χ2v) is 3.98. The van der Waals surface area contributed by atoms with Crippen molar-refractivity contribution in [2.45, 2.75) is 33.4 Å². The molecular weight excluding hydrogens is 232 g/mol. The molecule has 0 amide bonds. The van der Waals surface area contributed by atoms with Crippen molar-refractivity contribution in [1.82, 2.24) is 20.3 Å². The molecule has 0 unspecified atom stereocenters. The fourth-order valence-electron chi connectivity index (χ4n) is 1.41. The van der Waals surface area contributed by atoms with Gasteiger partial charge in [-0.15, -0.1) is 5.10 Å². The lowest BCUT2D eigenvalue weighted by Gasteiger charge is -2.04. The van der Waals surface area contributed by atoms with Gasteiger partial charge < -0.3 is 14.8 Å². The topological polar surface area (TPSA) is 61.2 Å². The molecular formula is C12H24N4O2. The quantitative estimate of drug-likeness (QED) is 0.594. The highest BCUT2D eigenvalue weighted by Gasteiger charge is 1.99. The summed E-state index contributed by atoms with van der Waals surface area (Å²) in [5, 5.41) is 11.3. The molecule has 1 aromatic heterocycles. The SMILES string of the molecule is CCCOCCOCCn1cc(CNCC)nn1. The van der Waals surface area contributed by atoms with Gasteiger partial charge in [0.1, 0.15) is 0 Å². The average Bonchev–Trinajstić information content (AvgIpc) is 2.83. The van der Waals surface area contributed by atoms with Crippen molar-refractivity contribution in [3.05, 3.63) is 11.9 Å². The molecule has 1 rings (SSSR count). The number of nitrogens with one attached hydrogen (secondary N) is 1. The summed E-state index contributed by atoms with van der Waals surface area (Å²) in [6, 6.07) is 0. The van der Waals surface area contributed by atoms with Gasteiger partial charge in [0.05, 0.1) is 32.1 Å². The molecule has 104 valence electrons. The Morgan fingerprint density at radius 1 is 1.17 bits per heavy atom. The van der Waals surface area contributed by atoms with Crippen molar-refractivity contribution < 1.29 is 9.47 Å². The lowest BCUT2D eigenvalue weighted by atomic mass is 10.4.